The summed E-state index contributed by atoms with van der Waals surface area (Å²) in [5.41, 5.74) is 1.97. The Bertz CT molecular complexity index is 721. The lowest BCUT2D eigenvalue weighted by molar-refractivity contribution is -0.142. The summed E-state index contributed by atoms with van der Waals surface area (Å²) in [5, 5.41) is 12.4. The number of nitrogens with one attached hydrogen (secondary N) is 1. The van der Waals surface area contributed by atoms with Gasteiger partial charge in [0, 0.05) is 24.5 Å². The number of carboxylic acids is 1. The predicted molar refractivity (Wildman–Crippen MR) is 108 cm³/mol. The van der Waals surface area contributed by atoms with Gasteiger partial charge in [-0.2, -0.15) is 0 Å². The topological polar surface area (TPSA) is 75.6 Å². The van der Waals surface area contributed by atoms with Crippen molar-refractivity contribution in [3.8, 4) is 0 Å². The zero-order valence-electron chi connectivity index (χ0n) is 17.3. The third-order valence-electron chi connectivity index (χ3n) is 6.49. The number of ether oxygens (including phenoxy) is 1. The highest BCUT2D eigenvalue weighted by Crippen LogP contribution is 2.45. The van der Waals surface area contributed by atoms with E-state index in [1.807, 2.05) is 6.07 Å². The first-order chi connectivity index (χ1) is 13.2. The van der Waals surface area contributed by atoms with Crippen molar-refractivity contribution in [2.45, 2.75) is 82.8 Å². The van der Waals surface area contributed by atoms with Gasteiger partial charge in [0.2, 0.25) is 5.91 Å². The summed E-state index contributed by atoms with van der Waals surface area (Å²) < 4.78 is 5.96. The van der Waals surface area contributed by atoms with E-state index in [4.69, 9.17) is 9.84 Å². The van der Waals surface area contributed by atoms with E-state index in [1.54, 1.807) is 0 Å². The summed E-state index contributed by atoms with van der Waals surface area (Å²) in [4.78, 5) is 24.2. The van der Waals surface area contributed by atoms with E-state index in [9.17, 15) is 9.59 Å². The number of rotatable bonds is 5. The first-order valence-corrected chi connectivity index (χ1v) is 10.4. The van der Waals surface area contributed by atoms with Crippen LogP contribution in [-0.4, -0.2) is 35.2 Å². The van der Waals surface area contributed by atoms with Crippen LogP contribution in [0.1, 0.15) is 69.9 Å². The number of aliphatic carboxylic acids is 1. The Hall–Kier alpha value is -1.88. The summed E-state index contributed by atoms with van der Waals surface area (Å²) in [6.07, 6.45) is 4.87. The molecular formula is C23H33NO4. The fourth-order valence-electron chi connectivity index (χ4n) is 5.19. The minimum Gasteiger partial charge on any atom is -0.481 e. The Morgan fingerprint density at radius 2 is 1.86 bits per heavy atom. The van der Waals surface area contributed by atoms with E-state index in [2.05, 4.69) is 44.3 Å². The molecule has 3 rings (SSSR count). The van der Waals surface area contributed by atoms with Gasteiger partial charge in [-0.05, 0) is 70.4 Å². The smallest absolute Gasteiger partial charge is 0.306 e. The molecule has 2 N–H and O–H groups in total. The molecule has 1 unspecified atom stereocenters. The second-order valence-corrected chi connectivity index (χ2v) is 9.26. The predicted octanol–water partition coefficient (Wildman–Crippen LogP) is 3.97. The van der Waals surface area contributed by atoms with Gasteiger partial charge in [-0.1, -0.05) is 24.3 Å². The van der Waals surface area contributed by atoms with Gasteiger partial charge >= 0.3 is 5.97 Å². The lowest BCUT2D eigenvalue weighted by Crippen LogP contribution is -2.48. The van der Waals surface area contributed by atoms with Gasteiger partial charge in [0.15, 0.2) is 0 Å². The van der Waals surface area contributed by atoms with Gasteiger partial charge in [0.25, 0.3) is 0 Å². The summed E-state index contributed by atoms with van der Waals surface area (Å²) >= 11 is 0. The Balaban J connectivity index is 1.73. The average Bonchev–Trinajstić information content (AvgIpc) is 2.61. The maximum Gasteiger partial charge on any atom is 0.306 e. The SMILES string of the molecule is Cc1ccccc1C1(CC(=O)NC2CCC(C(=O)O)CC2)CCOC(C)(C)C1. The number of benzene rings is 1. The van der Waals surface area contributed by atoms with E-state index < -0.39 is 5.97 Å². The lowest BCUT2D eigenvalue weighted by Gasteiger charge is -2.46. The van der Waals surface area contributed by atoms with Gasteiger partial charge in [-0.15, -0.1) is 0 Å². The maximum absolute atomic E-state index is 13.0. The van der Waals surface area contributed by atoms with E-state index >= 15 is 0 Å². The van der Waals surface area contributed by atoms with Gasteiger partial charge in [0.1, 0.15) is 0 Å². The third kappa shape index (κ3) is 4.75. The number of hydrogen-bond donors (Lipinski definition) is 2. The van der Waals surface area contributed by atoms with Crippen LogP contribution in [0.25, 0.3) is 0 Å². The van der Waals surface area contributed by atoms with Crippen molar-refractivity contribution in [3.63, 3.8) is 0 Å². The van der Waals surface area contributed by atoms with Crippen molar-refractivity contribution in [3.05, 3.63) is 35.4 Å². The molecule has 2 fully saturated rings. The molecule has 1 aliphatic carbocycles. The quantitative estimate of drug-likeness (QED) is 0.801. The fourth-order valence-corrected chi connectivity index (χ4v) is 5.19. The zero-order valence-corrected chi connectivity index (χ0v) is 17.3. The molecule has 0 radical (unpaired) electrons. The lowest BCUT2D eigenvalue weighted by atomic mass is 9.66. The summed E-state index contributed by atoms with van der Waals surface area (Å²) in [6, 6.07) is 8.45. The molecule has 0 spiro atoms. The molecule has 1 aliphatic heterocycles. The molecule has 0 bridgehead atoms. The molecule has 5 nitrogen and oxygen atoms in total. The molecule has 5 heteroatoms. The first kappa shape index (κ1) is 20.8. The van der Waals surface area contributed by atoms with Crippen LogP contribution in [0.5, 0.6) is 0 Å². The number of carbonyl (C=O) groups is 2. The number of hydrogen-bond acceptors (Lipinski definition) is 3. The van der Waals surface area contributed by atoms with Crippen LogP contribution < -0.4 is 5.32 Å². The molecule has 1 saturated heterocycles. The zero-order chi connectivity index (χ0) is 20.4. The largest absolute Gasteiger partial charge is 0.481 e. The van der Waals surface area contributed by atoms with Crippen LogP contribution in [0.4, 0.5) is 0 Å². The summed E-state index contributed by atoms with van der Waals surface area (Å²) in [7, 11) is 0. The van der Waals surface area contributed by atoms with Crippen molar-refractivity contribution < 1.29 is 19.4 Å². The second kappa shape index (κ2) is 8.24. The van der Waals surface area contributed by atoms with Gasteiger partial charge < -0.3 is 15.2 Å². The third-order valence-corrected chi connectivity index (χ3v) is 6.49. The normalized spacial score (nSPS) is 29.8. The van der Waals surface area contributed by atoms with Gasteiger partial charge in [-0.25, -0.2) is 0 Å². The van der Waals surface area contributed by atoms with Crippen molar-refractivity contribution in [2.75, 3.05) is 6.61 Å². The molecule has 1 atom stereocenters. The fraction of sp³-hybridized carbons (Fsp3) is 0.652. The van der Waals surface area contributed by atoms with Crippen molar-refractivity contribution in [1.82, 2.24) is 5.32 Å². The molecule has 28 heavy (non-hydrogen) atoms. The van der Waals surface area contributed by atoms with Crippen LogP contribution in [0.15, 0.2) is 24.3 Å². The van der Waals surface area contributed by atoms with Crippen molar-refractivity contribution >= 4 is 11.9 Å². The van der Waals surface area contributed by atoms with E-state index in [0.717, 1.165) is 25.7 Å². The Morgan fingerprint density at radius 1 is 1.18 bits per heavy atom. The molecule has 1 amide bonds. The Labute approximate surface area is 167 Å². The molecule has 1 saturated carbocycles. The minimum atomic E-state index is -0.715. The standard InChI is InChI=1S/C23H33NO4/c1-16-6-4-5-7-19(16)23(12-13-28-22(2,3)15-23)14-20(25)24-18-10-8-17(9-11-18)21(26)27/h4-7,17-18H,8-15H2,1-3H3,(H,24,25)(H,26,27). The second-order valence-electron chi connectivity index (χ2n) is 9.26. The van der Waals surface area contributed by atoms with Crippen LogP contribution in [-0.2, 0) is 19.7 Å². The number of carboxylic acid groups (broad SMARTS) is 1. The molecule has 154 valence electrons. The number of carbonyl (C=O) groups excluding carboxylic acids is 1. The van der Waals surface area contributed by atoms with Crippen molar-refractivity contribution in [1.29, 1.82) is 0 Å². The minimum absolute atomic E-state index is 0.0692. The van der Waals surface area contributed by atoms with E-state index in [0.29, 0.717) is 25.9 Å². The van der Waals surface area contributed by atoms with Gasteiger partial charge in [-0.3, -0.25) is 9.59 Å². The number of amides is 1. The molecule has 1 aromatic carbocycles. The molecule has 0 aromatic heterocycles. The molecular weight excluding hydrogens is 354 g/mol. The highest BCUT2D eigenvalue weighted by molar-refractivity contribution is 5.78. The van der Waals surface area contributed by atoms with E-state index in [-0.39, 0.29) is 28.9 Å². The van der Waals surface area contributed by atoms with Crippen LogP contribution in [0, 0.1) is 12.8 Å². The Kier molecular flexibility index (Phi) is 6.13. The molecule has 2 aliphatic rings. The first-order valence-electron chi connectivity index (χ1n) is 10.4. The molecule has 1 heterocycles. The molecule has 1 aromatic rings. The van der Waals surface area contributed by atoms with Crippen molar-refractivity contribution in [2.24, 2.45) is 5.92 Å². The summed E-state index contributed by atoms with van der Waals surface area (Å²) in [6.45, 7) is 6.97. The highest BCUT2D eigenvalue weighted by atomic mass is 16.5. The highest BCUT2D eigenvalue weighted by Gasteiger charge is 2.44. The Morgan fingerprint density at radius 3 is 2.46 bits per heavy atom. The maximum atomic E-state index is 13.0. The average molecular weight is 388 g/mol. The van der Waals surface area contributed by atoms with Crippen LogP contribution in [0.2, 0.25) is 0 Å². The van der Waals surface area contributed by atoms with Gasteiger partial charge in [0.05, 0.1) is 11.5 Å². The number of aryl methyl sites for hydroxylation is 1. The van der Waals surface area contributed by atoms with Crippen LogP contribution in [0.3, 0.4) is 0 Å². The monoisotopic (exact) mass is 387 g/mol. The summed E-state index contributed by atoms with van der Waals surface area (Å²) in [5.74, 6) is -0.907. The van der Waals surface area contributed by atoms with Crippen LogP contribution >= 0.6 is 0 Å². The van der Waals surface area contributed by atoms with E-state index in [1.165, 1.54) is 11.1 Å².